The first-order valence-corrected chi connectivity index (χ1v) is 9.35. The van der Waals surface area contributed by atoms with Crippen LogP contribution in [0.25, 0.3) is 0 Å². The molecule has 1 aromatic rings. The van der Waals surface area contributed by atoms with E-state index in [1.54, 1.807) is 18.2 Å². The van der Waals surface area contributed by atoms with Crippen molar-refractivity contribution in [1.29, 1.82) is 0 Å². The van der Waals surface area contributed by atoms with E-state index in [4.69, 9.17) is 0 Å². The Morgan fingerprint density at radius 1 is 1.35 bits per heavy atom. The molecule has 0 aromatic heterocycles. The number of carboxylic acids is 1. The highest BCUT2D eigenvalue weighted by atomic mass is 32.2. The highest BCUT2D eigenvalue weighted by molar-refractivity contribution is 7.98. The molecule has 0 spiro atoms. The summed E-state index contributed by atoms with van der Waals surface area (Å²) in [5, 5.41) is 12.5. The van der Waals surface area contributed by atoms with Crippen LogP contribution in [0.3, 0.4) is 0 Å². The number of sulfone groups is 1. The molecule has 1 aromatic carbocycles. The van der Waals surface area contributed by atoms with Gasteiger partial charge in [-0.05, 0) is 31.2 Å². The molecule has 1 aliphatic heterocycles. The lowest BCUT2D eigenvalue weighted by Crippen LogP contribution is -2.32. The van der Waals surface area contributed by atoms with Crippen LogP contribution in [0.2, 0.25) is 0 Å². The molecule has 1 heterocycles. The number of anilines is 1. The van der Waals surface area contributed by atoms with Crippen molar-refractivity contribution in [3.63, 3.8) is 0 Å². The Balaban J connectivity index is 2.20. The SMILES string of the molecule is CSc1cccc(NC2CCS(=O)(=O)CC2)c1C(=O)O. The second-order valence-electron chi connectivity index (χ2n) is 4.76. The fourth-order valence-corrected chi connectivity index (χ4v) is 4.40. The third-order valence-electron chi connectivity index (χ3n) is 3.37. The van der Waals surface area contributed by atoms with E-state index in [1.807, 2.05) is 6.26 Å². The average molecular weight is 315 g/mol. The maximum Gasteiger partial charge on any atom is 0.338 e. The second kappa shape index (κ2) is 6.05. The van der Waals surface area contributed by atoms with Crippen LogP contribution in [0.5, 0.6) is 0 Å². The third kappa shape index (κ3) is 3.46. The summed E-state index contributed by atoms with van der Waals surface area (Å²) in [4.78, 5) is 12.1. The van der Waals surface area contributed by atoms with E-state index in [-0.39, 0.29) is 23.1 Å². The van der Waals surface area contributed by atoms with E-state index >= 15 is 0 Å². The molecule has 7 heteroatoms. The maximum atomic E-state index is 11.4. The molecule has 5 nitrogen and oxygen atoms in total. The Bertz CT molecular complexity index is 599. The molecular weight excluding hydrogens is 298 g/mol. The number of aromatic carboxylic acids is 1. The normalized spacial score (nSPS) is 18.6. The molecule has 0 unspecified atom stereocenters. The highest BCUT2D eigenvalue weighted by Crippen LogP contribution is 2.29. The molecule has 20 heavy (non-hydrogen) atoms. The first-order valence-electron chi connectivity index (χ1n) is 6.30. The standard InChI is InChI=1S/C13H17NO4S2/c1-19-11-4-2-3-10(12(11)13(15)16)14-9-5-7-20(17,18)8-6-9/h2-4,9,14H,5-8H2,1H3,(H,15,16). The summed E-state index contributed by atoms with van der Waals surface area (Å²) >= 11 is 1.38. The zero-order chi connectivity index (χ0) is 14.8. The van der Waals surface area contributed by atoms with Gasteiger partial charge in [-0.1, -0.05) is 6.07 Å². The first-order chi connectivity index (χ1) is 9.43. The van der Waals surface area contributed by atoms with Crippen molar-refractivity contribution in [2.45, 2.75) is 23.8 Å². The lowest BCUT2D eigenvalue weighted by Gasteiger charge is -2.25. The summed E-state index contributed by atoms with van der Waals surface area (Å²) in [5.74, 6) is -0.647. The Kier molecular flexibility index (Phi) is 4.59. The summed E-state index contributed by atoms with van der Waals surface area (Å²) in [6.45, 7) is 0. The zero-order valence-electron chi connectivity index (χ0n) is 11.1. The summed E-state index contributed by atoms with van der Waals surface area (Å²) in [6.07, 6.45) is 2.87. The van der Waals surface area contributed by atoms with Crippen LogP contribution in [-0.2, 0) is 9.84 Å². The van der Waals surface area contributed by atoms with E-state index in [0.29, 0.717) is 23.4 Å². The van der Waals surface area contributed by atoms with Crippen molar-refractivity contribution in [3.05, 3.63) is 23.8 Å². The molecule has 1 aliphatic rings. The van der Waals surface area contributed by atoms with Crippen LogP contribution in [-0.4, -0.2) is 43.3 Å². The molecule has 2 rings (SSSR count). The highest BCUT2D eigenvalue weighted by Gasteiger charge is 2.25. The van der Waals surface area contributed by atoms with Crippen LogP contribution in [0.1, 0.15) is 23.2 Å². The monoisotopic (exact) mass is 315 g/mol. The molecule has 2 N–H and O–H groups in total. The van der Waals surface area contributed by atoms with Crippen LogP contribution in [0.4, 0.5) is 5.69 Å². The minimum absolute atomic E-state index is 0.00808. The van der Waals surface area contributed by atoms with Crippen molar-refractivity contribution in [2.75, 3.05) is 23.1 Å². The summed E-state index contributed by atoms with van der Waals surface area (Å²) in [5.41, 5.74) is 0.821. The van der Waals surface area contributed by atoms with E-state index in [1.165, 1.54) is 11.8 Å². The number of hydrogen-bond acceptors (Lipinski definition) is 5. The number of hydrogen-bond donors (Lipinski definition) is 2. The van der Waals surface area contributed by atoms with Crippen LogP contribution >= 0.6 is 11.8 Å². The Morgan fingerprint density at radius 3 is 2.55 bits per heavy atom. The van der Waals surface area contributed by atoms with E-state index in [2.05, 4.69) is 5.32 Å². The minimum Gasteiger partial charge on any atom is -0.478 e. The van der Waals surface area contributed by atoms with Gasteiger partial charge in [0.25, 0.3) is 0 Å². The topological polar surface area (TPSA) is 83.5 Å². The van der Waals surface area contributed by atoms with Gasteiger partial charge in [-0.2, -0.15) is 0 Å². The fourth-order valence-electron chi connectivity index (χ4n) is 2.30. The lowest BCUT2D eigenvalue weighted by atomic mass is 10.1. The van der Waals surface area contributed by atoms with Gasteiger partial charge in [0.2, 0.25) is 0 Å². The molecule has 0 radical (unpaired) electrons. The van der Waals surface area contributed by atoms with Gasteiger partial charge in [0.05, 0.1) is 22.8 Å². The van der Waals surface area contributed by atoms with Gasteiger partial charge in [0.15, 0.2) is 0 Å². The molecule has 0 saturated carbocycles. The van der Waals surface area contributed by atoms with Gasteiger partial charge in [-0.25, -0.2) is 13.2 Å². The molecule has 110 valence electrons. The molecule has 0 atom stereocenters. The molecule has 1 saturated heterocycles. The van der Waals surface area contributed by atoms with Gasteiger partial charge in [-0.15, -0.1) is 11.8 Å². The molecule has 0 bridgehead atoms. The molecule has 0 amide bonds. The summed E-state index contributed by atoms with van der Waals surface area (Å²) in [6, 6.07) is 5.31. The minimum atomic E-state index is -2.91. The lowest BCUT2D eigenvalue weighted by molar-refractivity contribution is 0.0694. The Morgan fingerprint density at radius 2 is 2.00 bits per heavy atom. The fraction of sp³-hybridized carbons (Fsp3) is 0.462. The van der Waals surface area contributed by atoms with Gasteiger partial charge in [-0.3, -0.25) is 0 Å². The molecule has 0 aliphatic carbocycles. The first kappa shape index (κ1) is 15.2. The number of carboxylic acid groups (broad SMARTS) is 1. The molecular formula is C13H17NO4S2. The number of thioether (sulfide) groups is 1. The van der Waals surface area contributed by atoms with Crippen molar-refractivity contribution < 1.29 is 18.3 Å². The number of benzene rings is 1. The molecule has 1 fully saturated rings. The summed E-state index contributed by atoms with van der Waals surface area (Å²) in [7, 11) is -2.91. The number of nitrogens with one attached hydrogen (secondary N) is 1. The Hall–Kier alpha value is -1.21. The van der Waals surface area contributed by atoms with Crippen molar-refractivity contribution >= 4 is 33.3 Å². The van der Waals surface area contributed by atoms with Gasteiger partial charge in [0.1, 0.15) is 9.84 Å². The Labute approximate surface area is 122 Å². The number of carbonyl (C=O) groups is 1. The van der Waals surface area contributed by atoms with E-state index in [9.17, 15) is 18.3 Å². The van der Waals surface area contributed by atoms with Crippen LogP contribution in [0, 0.1) is 0 Å². The van der Waals surface area contributed by atoms with Gasteiger partial charge in [0, 0.05) is 10.9 Å². The zero-order valence-corrected chi connectivity index (χ0v) is 12.8. The van der Waals surface area contributed by atoms with Gasteiger partial charge < -0.3 is 10.4 Å². The predicted octanol–water partition coefficient (Wildman–Crippen LogP) is 2.10. The van der Waals surface area contributed by atoms with Crippen molar-refractivity contribution in [2.24, 2.45) is 0 Å². The van der Waals surface area contributed by atoms with Gasteiger partial charge >= 0.3 is 5.97 Å². The largest absolute Gasteiger partial charge is 0.478 e. The van der Waals surface area contributed by atoms with E-state index in [0.717, 1.165) is 0 Å². The maximum absolute atomic E-state index is 11.4. The third-order valence-corrected chi connectivity index (χ3v) is 5.87. The smallest absolute Gasteiger partial charge is 0.338 e. The predicted molar refractivity (Wildman–Crippen MR) is 80.5 cm³/mol. The van der Waals surface area contributed by atoms with E-state index < -0.39 is 15.8 Å². The van der Waals surface area contributed by atoms with Crippen LogP contribution < -0.4 is 5.32 Å². The van der Waals surface area contributed by atoms with Crippen molar-refractivity contribution in [1.82, 2.24) is 0 Å². The van der Waals surface area contributed by atoms with Crippen molar-refractivity contribution in [3.8, 4) is 0 Å². The van der Waals surface area contributed by atoms with Crippen LogP contribution in [0.15, 0.2) is 23.1 Å². The average Bonchev–Trinajstić information content (AvgIpc) is 2.40. The number of rotatable bonds is 4. The summed E-state index contributed by atoms with van der Waals surface area (Å²) < 4.78 is 22.8. The second-order valence-corrected chi connectivity index (χ2v) is 7.91. The quantitative estimate of drug-likeness (QED) is 0.828.